The van der Waals surface area contributed by atoms with Crippen LogP contribution in [0.5, 0.6) is 0 Å². The summed E-state index contributed by atoms with van der Waals surface area (Å²) >= 11 is 0. The zero-order chi connectivity index (χ0) is 12.1. The van der Waals surface area contributed by atoms with Crippen LogP contribution in [-0.4, -0.2) is 4.98 Å². The van der Waals surface area contributed by atoms with E-state index in [1.54, 1.807) is 12.1 Å². The fourth-order valence-corrected chi connectivity index (χ4v) is 1.54. The third-order valence-corrected chi connectivity index (χ3v) is 2.52. The third-order valence-electron chi connectivity index (χ3n) is 2.52. The van der Waals surface area contributed by atoms with E-state index in [1.807, 2.05) is 25.3 Å². The second-order valence-electron chi connectivity index (χ2n) is 4.06. The highest BCUT2D eigenvalue weighted by molar-refractivity contribution is 5.16. The monoisotopic (exact) mass is 230 g/mol. The summed E-state index contributed by atoms with van der Waals surface area (Å²) in [7, 11) is 0. The summed E-state index contributed by atoms with van der Waals surface area (Å²) in [6.45, 7) is 3.45. The molecule has 1 heterocycles. The Morgan fingerprint density at radius 2 is 1.82 bits per heavy atom. The Balaban J connectivity index is 1.83. The van der Waals surface area contributed by atoms with Gasteiger partial charge in [-0.05, 0) is 36.2 Å². The molecule has 0 fully saturated rings. The quantitative estimate of drug-likeness (QED) is 0.873. The Bertz CT molecular complexity index is 417. The molecule has 0 aliphatic heterocycles. The zero-order valence-corrected chi connectivity index (χ0v) is 9.78. The highest BCUT2D eigenvalue weighted by atomic mass is 19.1. The van der Waals surface area contributed by atoms with Crippen LogP contribution in [0.1, 0.15) is 16.8 Å². The van der Waals surface area contributed by atoms with Crippen LogP contribution in [0.2, 0.25) is 0 Å². The van der Waals surface area contributed by atoms with Gasteiger partial charge in [-0.2, -0.15) is 0 Å². The number of aryl methyl sites for hydroxylation is 1. The van der Waals surface area contributed by atoms with E-state index in [-0.39, 0.29) is 5.82 Å². The zero-order valence-electron chi connectivity index (χ0n) is 9.78. The fourth-order valence-electron chi connectivity index (χ4n) is 1.54. The molecule has 0 saturated carbocycles. The molecule has 1 aromatic carbocycles. The molecular weight excluding hydrogens is 215 g/mol. The van der Waals surface area contributed by atoms with Crippen LogP contribution < -0.4 is 5.32 Å². The molecule has 2 aromatic rings. The third kappa shape index (κ3) is 3.64. The summed E-state index contributed by atoms with van der Waals surface area (Å²) in [5, 5.41) is 3.27. The maximum atomic E-state index is 12.7. The summed E-state index contributed by atoms with van der Waals surface area (Å²) in [4.78, 5) is 4.30. The van der Waals surface area contributed by atoms with Crippen molar-refractivity contribution in [3.63, 3.8) is 0 Å². The minimum absolute atomic E-state index is 0.200. The van der Waals surface area contributed by atoms with Gasteiger partial charge in [-0.1, -0.05) is 18.2 Å². The van der Waals surface area contributed by atoms with E-state index < -0.39 is 0 Å². The average molecular weight is 230 g/mol. The fraction of sp³-hybridized carbons (Fsp3) is 0.214. The number of benzene rings is 1. The van der Waals surface area contributed by atoms with Gasteiger partial charge in [0.25, 0.3) is 0 Å². The van der Waals surface area contributed by atoms with Crippen LogP contribution in [0.25, 0.3) is 0 Å². The molecule has 0 saturated heterocycles. The van der Waals surface area contributed by atoms with Gasteiger partial charge < -0.3 is 5.32 Å². The van der Waals surface area contributed by atoms with Crippen LogP contribution in [0, 0.1) is 12.7 Å². The molecule has 1 N–H and O–H groups in total. The van der Waals surface area contributed by atoms with Gasteiger partial charge in [0.15, 0.2) is 0 Å². The minimum Gasteiger partial charge on any atom is -0.307 e. The summed E-state index contributed by atoms with van der Waals surface area (Å²) in [5.41, 5.74) is 3.24. The summed E-state index contributed by atoms with van der Waals surface area (Å²) < 4.78 is 12.7. The van der Waals surface area contributed by atoms with Crippen LogP contribution in [0.15, 0.2) is 42.6 Å². The number of hydrogen-bond donors (Lipinski definition) is 1. The smallest absolute Gasteiger partial charge is 0.123 e. The van der Waals surface area contributed by atoms with Crippen molar-refractivity contribution in [2.45, 2.75) is 20.0 Å². The predicted molar refractivity (Wildman–Crippen MR) is 65.9 cm³/mol. The summed E-state index contributed by atoms with van der Waals surface area (Å²) in [6.07, 6.45) is 1.86. The first-order chi connectivity index (χ1) is 8.24. The van der Waals surface area contributed by atoms with Crippen molar-refractivity contribution in [2.24, 2.45) is 0 Å². The van der Waals surface area contributed by atoms with Gasteiger partial charge in [0.05, 0.1) is 5.69 Å². The highest BCUT2D eigenvalue weighted by Crippen LogP contribution is 2.03. The topological polar surface area (TPSA) is 24.9 Å². The van der Waals surface area contributed by atoms with Crippen molar-refractivity contribution in [2.75, 3.05) is 0 Å². The van der Waals surface area contributed by atoms with E-state index in [2.05, 4.69) is 10.3 Å². The van der Waals surface area contributed by atoms with Crippen molar-refractivity contribution in [3.05, 3.63) is 65.2 Å². The molecule has 0 spiro atoms. The van der Waals surface area contributed by atoms with Crippen LogP contribution in [0.3, 0.4) is 0 Å². The Labute approximate surface area is 101 Å². The average Bonchev–Trinajstić information content (AvgIpc) is 2.34. The number of aromatic nitrogens is 1. The van der Waals surface area contributed by atoms with Gasteiger partial charge in [-0.25, -0.2) is 4.39 Å². The molecule has 88 valence electrons. The lowest BCUT2D eigenvalue weighted by molar-refractivity contribution is 0.624. The first kappa shape index (κ1) is 11.7. The number of nitrogens with zero attached hydrogens (tertiary/aromatic N) is 1. The minimum atomic E-state index is -0.200. The molecule has 3 heteroatoms. The molecule has 0 aliphatic rings. The maximum absolute atomic E-state index is 12.7. The van der Waals surface area contributed by atoms with E-state index in [0.29, 0.717) is 0 Å². The van der Waals surface area contributed by atoms with E-state index in [9.17, 15) is 4.39 Å². The Hall–Kier alpha value is -1.74. The molecule has 0 amide bonds. The lowest BCUT2D eigenvalue weighted by atomic mass is 10.2. The van der Waals surface area contributed by atoms with Gasteiger partial charge in [-0.15, -0.1) is 0 Å². The van der Waals surface area contributed by atoms with Crippen LogP contribution in [-0.2, 0) is 13.1 Å². The van der Waals surface area contributed by atoms with Gasteiger partial charge in [0.2, 0.25) is 0 Å². The van der Waals surface area contributed by atoms with Crippen molar-refractivity contribution in [1.82, 2.24) is 10.3 Å². The lowest BCUT2D eigenvalue weighted by Crippen LogP contribution is -2.13. The maximum Gasteiger partial charge on any atom is 0.123 e. The van der Waals surface area contributed by atoms with E-state index in [4.69, 9.17) is 0 Å². The Kier molecular flexibility index (Phi) is 3.83. The molecule has 0 atom stereocenters. The molecule has 0 aliphatic carbocycles. The largest absolute Gasteiger partial charge is 0.307 e. The Morgan fingerprint density at radius 1 is 1.06 bits per heavy atom. The lowest BCUT2D eigenvalue weighted by Gasteiger charge is -2.04. The summed E-state index contributed by atoms with van der Waals surface area (Å²) in [6, 6.07) is 10.6. The van der Waals surface area contributed by atoms with Crippen molar-refractivity contribution >= 4 is 0 Å². The first-order valence-corrected chi connectivity index (χ1v) is 5.61. The molecule has 2 nitrogen and oxygen atoms in total. The van der Waals surface area contributed by atoms with Gasteiger partial charge in [-0.3, -0.25) is 4.98 Å². The molecule has 2 rings (SSSR count). The van der Waals surface area contributed by atoms with Crippen LogP contribution >= 0.6 is 0 Å². The number of pyridine rings is 1. The number of halogens is 1. The molecule has 0 unspecified atom stereocenters. The molecule has 0 radical (unpaired) electrons. The second-order valence-corrected chi connectivity index (χ2v) is 4.06. The molecule has 1 aromatic heterocycles. The van der Waals surface area contributed by atoms with E-state index in [0.717, 1.165) is 29.9 Å². The standard InChI is InChI=1S/C14H15FN2/c1-11-2-7-14(17-8-11)10-16-9-12-3-5-13(15)6-4-12/h2-8,16H,9-10H2,1H3. The second kappa shape index (κ2) is 5.55. The first-order valence-electron chi connectivity index (χ1n) is 5.61. The van der Waals surface area contributed by atoms with Gasteiger partial charge in [0.1, 0.15) is 5.82 Å². The number of rotatable bonds is 4. The highest BCUT2D eigenvalue weighted by Gasteiger charge is 1.96. The molecule has 17 heavy (non-hydrogen) atoms. The molecule has 0 bridgehead atoms. The van der Waals surface area contributed by atoms with Gasteiger partial charge in [0, 0.05) is 19.3 Å². The summed E-state index contributed by atoms with van der Waals surface area (Å²) in [5.74, 6) is -0.200. The number of hydrogen-bond acceptors (Lipinski definition) is 2. The normalized spacial score (nSPS) is 10.5. The van der Waals surface area contributed by atoms with Gasteiger partial charge >= 0.3 is 0 Å². The van der Waals surface area contributed by atoms with E-state index >= 15 is 0 Å². The Morgan fingerprint density at radius 3 is 2.47 bits per heavy atom. The number of nitrogens with one attached hydrogen (secondary N) is 1. The predicted octanol–water partition coefficient (Wildman–Crippen LogP) is 2.82. The van der Waals surface area contributed by atoms with Crippen molar-refractivity contribution < 1.29 is 4.39 Å². The van der Waals surface area contributed by atoms with E-state index in [1.165, 1.54) is 12.1 Å². The van der Waals surface area contributed by atoms with Crippen molar-refractivity contribution in [3.8, 4) is 0 Å². The van der Waals surface area contributed by atoms with Crippen LogP contribution in [0.4, 0.5) is 4.39 Å². The molecular formula is C14H15FN2. The van der Waals surface area contributed by atoms with Crippen molar-refractivity contribution in [1.29, 1.82) is 0 Å². The SMILES string of the molecule is Cc1ccc(CNCc2ccc(F)cc2)nc1.